The molecule has 0 saturated carbocycles. The van der Waals surface area contributed by atoms with Crippen molar-refractivity contribution in [2.45, 2.75) is 32.4 Å². The van der Waals surface area contributed by atoms with Gasteiger partial charge in [0.05, 0.1) is 0 Å². The molecule has 3 heteroatoms. The first-order valence-electron chi connectivity index (χ1n) is 4.74. The summed E-state index contributed by atoms with van der Waals surface area (Å²) < 4.78 is 0. The third-order valence-corrected chi connectivity index (χ3v) is 2.48. The summed E-state index contributed by atoms with van der Waals surface area (Å²) in [6, 6.07) is 0.280. The van der Waals surface area contributed by atoms with Crippen molar-refractivity contribution in [2.75, 3.05) is 26.2 Å². The molecule has 3 N–H and O–H groups in total. The molecular weight excluding hydrogens is 150 g/mol. The van der Waals surface area contributed by atoms with Crippen molar-refractivity contribution < 1.29 is 0 Å². The Hall–Kier alpha value is -0.120. The lowest BCUT2D eigenvalue weighted by Crippen LogP contribution is -2.59. The van der Waals surface area contributed by atoms with Crippen LogP contribution < -0.4 is 11.1 Å². The molecule has 3 nitrogen and oxygen atoms in total. The van der Waals surface area contributed by atoms with E-state index >= 15 is 0 Å². The highest BCUT2D eigenvalue weighted by molar-refractivity contribution is 4.89. The van der Waals surface area contributed by atoms with Gasteiger partial charge in [-0.05, 0) is 20.8 Å². The molecule has 1 saturated heterocycles. The van der Waals surface area contributed by atoms with Crippen molar-refractivity contribution in [3.05, 3.63) is 0 Å². The number of piperazine rings is 1. The molecule has 0 bridgehead atoms. The Bertz CT molecular complexity index is 143. The first-order valence-corrected chi connectivity index (χ1v) is 4.74. The maximum Gasteiger partial charge on any atom is 0.0278 e. The first-order chi connectivity index (χ1) is 5.52. The molecule has 1 rings (SSSR count). The van der Waals surface area contributed by atoms with Crippen molar-refractivity contribution in [2.24, 2.45) is 5.73 Å². The molecule has 1 heterocycles. The monoisotopic (exact) mass is 171 g/mol. The van der Waals surface area contributed by atoms with Gasteiger partial charge in [0, 0.05) is 37.8 Å². The fourth-order valence-corrected chi connectivity index (χ4v) is 1.71. The van der Waals surface area contributed by atoms with Crippen LogP contribution in [0.1, 0.15) is 20.8 Å². The molecule has 1 aliphatic rings. The summed E-state index contributed by atoms with van der Waals surface area (Å²) in [6.07, 6.45) is 0. The van der Waals surface area contributed by atoms with Gasteiger partial charge in [0.25, 0.3) is 0 Å². The van der Waals surface area contributed by atoms with Crippen LogP contribution in [-0.2, 0) is 0 Å². The molecule has 72 valence electrons. The Labute approximate surface area is 75.3 Å². The van der Waals surface area contributed by atoms with E-state index in [1.165, 1.54) is 0 Å². The Morgan fingerprint density at radius 1 is 1.58 bits per heavy atom. The van der Waals surface area contributed by atoms with E-state index in [4.69, 9.17) is 5.73 Å². The number of hydrogen-bond acceptors (Lipinski definition) is 3. The Balaban J connectivity index is 2.48. The number of rotatable bonds is 2. The van der Waals surface area contributed by atoms with Crippen molar-refractivity contribution in [1.82, 2.24) is 10.2 Å². The average molecular weight is 171 g/mol. The van der Waals surface area contributed by atoms with Crippen LogP contribution >= 0.6 is 0 Å². The zero-order valence-electron chi connectivity index (χ0n) is 8.43. The van der Waals surface area contributed by atoms with E-state index in [9.17, 15) is 0 Å². The molecule has 1 atom stereocenters. The first kappa shape index (κ1) is 9.96. The molecule has 0 radical (unpaired) electrons. The molecule has 0 aliphatic carbocycles. The minimum absolute atomic E-state index is 0.270. The predicted octanol–water partition coefficient (Wildman–Crippen LogP) is 0.0174. The maximum absolute atomic E-state index is 5.78. The third-order valence-electron chi connectivity index (χ3n) is 2.48. The number of nitrogens with two attached hydrogens (primary N) is 1. The fourth-order valence-electron chi connectivity index (χ4n) is 1.71. The van der Waals surface area contributed by atoms with Crippen LogP contribution in [0.2, 0.25) is 0 Å². The molecule has 0 aromatic rings. The lowest BCUT2D eigenvalue weighted by atomic mass is 9.99. The van der Waals surface area contributed by atoms with Crippen LogP contribution in [-0.4, -0.2) is 42.7 Å². The summed E-state index contributed by atoms with van der Waals surface area (Å²) in [4.78, 5) is 2.47. The summed E-state index contributed by atoms with van der Waals surface area (Å²) in [5.74, 6) is 0. The molecule has 12 heavy (non-hydrogen) atoms. The van der Waals surface area contributed by atoms with Crippen molar-refractivity contribution in [3.63, 3.8) is 0 Å². The highest BCUT2D eigenvalue weighted by Crippen LogP contribution is 2.15. The number of hydrogen-bond donors (Lipinski definition) is 2. The van der Waals surface area contributed by atoms with Gasteiger partial charge >= 0.3 is 0 Å². The van der Waals surface area contributed by atoms with Gasteiger partial charge in [-0.1, -0.05) is 0 Å². The quantitative estimate of drug-likeness (QED) is 0.615. The van der Waals surface area contributed by atoms with Gasteiger partial charge in [-0.2, -0.15) is 0 Å². The average Bonchev–Trinajstić information content (AvgIpc) is 1.92. The standard InChI is InChI=1S/C9H21N3/c1-8(10)6-12-5-4-11-7-9(12,2)3/h8,11H,4-7,10H2,1-3H3. The van der Waals surface area contributed by atoms with Gasteiger partial charge in [-0.25, -0.2) is 0 Å². The lowest BCUT2D eigenvalue weighted by molar-refractivity contribution is 0.0858. The molecule has 1 unspecified atom stereocenters. The van der Waals surface area contributed by atoms with Crippen LogP contribution in [0.25, 0.3) is 0 Å². The van der Waals surface area contributed by atoms with Gasteiger partial charge in [0.1, 0.15) is 0 Å². The van der Waals surface area contributed by atoms with Crippen LogP contribution in [0.4, 0.5) is 0 Å². The predicted molar refractivity (Wildman–Crippen MR) is 52.2 cm³/mol. The molecule has 0 aromatic carbocycles. The summed E-state index contributed by atoms with van der Waals surface area (Å²) in [5.41, 5.74) is 6.05. The normalized spacial score (nSPS) is 27.0. The highest BCUT2D eigenvalue weighted by atomic mass is 15.3. The van der Waals surface area contributed by atoms with E-state index in [-0.39, 0.29) is 11.6 Å². The van der Waals surface area contributed by atoms with E-state index in [0.717, 1.165) is 26.2 Å². The molecular formula is C9H21N3. The van der Waals surface area contributed by atoms with Crippen LogP contribution in [0.15, 0.2) is 0 Å². The van der Waals surface area contributed by atoms with E-state index in [1.54, 1.807) is 0 Å². The van der Waals surface area contributed by atoms with Crippen molar-refractivity contribution >= 4 is 0 Å². The van der Waals surface area contributed by atoms with Crippen molar-refractivity contribution in [3.8, 4) is 0 Å². The van der Waals surface area contributed by atoms with Gasteiger partial charge in [-0.15, -0.1) is 0 Å². The second kappa shape index (κ2) is 3.73. The van der Waals surface area contributed by atoms with E-state index < -0.39 is 0 Å². The van der Waals surface area contributed by atoms with Gasteiger partial charge < -0.3 is 11.1 Å². The molecule has 1 aliphatic heterocycles. The second-order valence-corrected chi connectivity index (χ2v) is 4.41. The largest absolute Gasteiger partial charge is 0.327 e. The minimum Gasteiger partial charge on any atom is -0.327 e. The van der Waals surface area contributed by atoms with E-state index in [2.05, 4.69) is 31.0 Å². The van der Waals surface area contributed by atoms with Gasteiger partial charge in [0.15, 0.2) is 0 Å². The second-order valence-electron chi connectivity index (χ2n) is 4.41. The summed E-state index contributed by atoms with van der Waals surface area (Å²) in [7, 11) is 0. The van der Waals surface area contributed by atoms with E-state index in [0.29, 0.717) is 0 Å². The van der Waals surface area contributed by atoms with Crippen molar-refractivity contribution in [1.29, 1.82) is 0 Å². The zero-order valence-corrected chi connectivity index (χ0v) is 8.43. The zero-order chi connectivity index (χ0) is 9.19. The Kier molecular flexibility index (Phi) is 3.09. The number of nitrogens with zero attached hydrogens (tertiary/aromatic N) is 1. The SMILES string of the molecule is CC(N)CN1CCNCC1(C)C. The summed E-state index contributed by atoms with van der Waals surface area (Å²) >= 11 is 0. The van der Waals surface area contributed by atoms with Crippen LogP contribution in [0.5, 0.6) is 0 Å². The van der Waals surface area contributed by atoms with Crippen LogP contribution in [0.3, 0.4) is 0 Å². The van der Waals surface area contributed by atoms with Crippen LogP contribution in [0, 0.1) is 0 Å². The lowest BCUT2D eigenvalue weighted by Gasteiger charge is -2.43. The molecule has 0 spiro atoms. The third kappa shape index (κ3) is 2.44. The fraction of sp³-hybridized carbons (Fsp3) is 1.00. The minimum atomic E-state index is 0.270. The highest BCUT2D eigenvalue weighted by Gasteiger charge is 2.29. The topological polar surface area (TPSA) is 41.3 Å². The molecule has 1 fully saturated rings. The maximum atomic E-state index is 5.78. The Morgan fingerprint density at radius 3 is 2.75 bits per heavy atom. The number of nitrogens with one attached hydrogen (secondary N) is 1. The Morgan fingerprint density at radius 2 is 2.25 bits per heavy atom. The molecule has 0 aromatic heterocycles. The smallest absolute Gasteiger partial charge is 0.0278 e. The summed E-state index contributed by atoms with van der Waals surface area (Å²) in [6.45, 7) is 10.9. The van der Waals surface area contributed by atoms with Gasteiger partial charge in [-0.3, -0.25) is 4.90 Å². The summed E-state index contributed by atoms with van der Waals surface area (Å²) in [5, 5.41) is 3.40. The van der Waals surface area contributed by atoms with Gasteiger partial charge in [0.2, 0.25) is 0 Å². The van der Waals surface area contributed by atoms with E-state index in [1.807, 2.05) is 0 Å². The molecule has 0 amide bonds.